The molecule has 0 radical (unpaired) electrons. The number of nitrogens with one attached hydrogen (secondary N) is 2. The van der Waals surface area contributed by atoms with Crippen LogP contribution in [0.5, 0.6) is 0 Å². The molecule has 1 amide bonds. The number of pyridine rings is 2. The van der Waals surface area contributed by atoms with Crippen molar-refractivity contribution in [1.82, 2.24) is 15.3 Å². The van der Waals surface area contributed by atoms with Crippen LogP contribution in [0.25, 0.3) is 16.3 Å². The van der Waals surface area contributed by atoms with Gasteiger partial charge < -0.3 is 15.7 Å². The number of amides is 1. The van der Waals surface area contributed by atoms with Crippen LogP contribution in [0.1, 0.15) is 49.9 Å². The number of anilines is 1. The van der Waals surface area contributed by atoms with Crippen molar-refractivity contribution in [3.05, 3.63) is 47.6 Å². The van der Waals surface area contributed by atoms with Crippen molar-refractivity contribution in [3.63, 3.8) is 0 Å². The van der Waals surface area contributed by atoms with Crippen molar-refractivity contribution in [3.8, 4) is 0 Å². The molecule has 0 saturated heterocycles. The molecule has 2 aromatic heterocycles. The minimum Gasteiger partial charge on any atom is -0.479 e. The lowest BCUT2D eigenvalue weighted by atomic mass is 9.97. The Labute approximate surface area is 167 Å². The van der Waals surface area contributed by atoms with Crippen molar-refractivity contribution < 1.29 is 14.7 Å². The molecule has 3 N–H and O–H groups in total. The van der Waals surface area contributed by atoms with E-state index in [1.807, 2.05) is 19.1 Å². The van der Waals surface area contributed by atoms with Gasteiger partial charge in [0, 0.05) is 40.6 Å². The Morgan fingerprint density at radius 1 is 1.21 bits per heavy atom. The van der Waals surface area contributed by atoms with Gasteiger partial charge in [0.25, 0.3) is 0 Å². The zero-order valence-electron chi connectivity index (χ0n) is 16.1. The molecule has 148 valence electrons. The maximum atomic E-state index is 12.1. The fourth-order valence-electron chi connectivity index (χ4n) is 3.71. The van der Waals surface area contributed by atoms with E-state index in [2.05, 4.69) is 15.6 Å². The van der Waals surface area contributed by atoms with Gasteiger partial charge >= 0.3 is 5.97 Å². The molecular weight excluding hydrogens is 368 g/mol. The molecule has 2 aliphatic carbocycles. The molecule has 29 heavy (non-hydrogen) atoms. The molecule has 1 unspecified atom stereocenters. The van der Waals surface area contributed by atoms with Crippen LogP contribution in [-0.4, -0.2) is 33.0 Å². The molecule has 7 heteroatoms. The van der Waals surface area contributed by atoms with Crippen molar-refractivity contribution >= 4 is 34.0 Å². The van der Waals surface area contributed by atoms with Gasteiger partial charge in [0.05, 0.1) is 11.4 Å². The number of carbonyl (C=O) groups excluding carboxylic acids is 1. The number of allylic oxidation sites excluding steroid dienone is 2. The van der Waals surface area contributed by atoms with E-state index in [1.54, 1.807) is 18.5 Å². The van der Waals surface area contributed by atoms with Gasteiger partial charge in [-0.05, 0) is 56.4 Å². The largest absolute Gasteiger partial charge is 0.479 e. The number of fused-ring (bicyclic) bond motifs is 1. The lowest BCUT2D eigenvalue weighted by Gasteiger charge is -2.20. The number of carboxylic acid groups (broad SMARTS) is 1. The first-order chi connectivity index (χ1) is 14.0. The fraction of sp³-hybridized carbons (Fsp3) is 0.364. The first-order valence-electron chi connectivity index (χ1n) is 9.99. The number of aromatic nitrogens is 2. The Bertz CT molecular complexity index is 1100. The molecule has 5 rings (SSSR count). The van der Waals surface area contributed by atoms with E-state index in [4.69, 9.17) is 4.98 Å². The van der Waals surface area contributed by atoms with E-state index in [0.717, 1.165) is 59.0 Å². The third-order valence-corrected chi connectivity index (χ3v) is 5.70. The molecule has 7 nitrogen and oxygen atoms in total. The number of rotatable bonds is 5. The van der Waals surface area contributed by atoms with Crippen LogP contribution < -0.4 is 10.6 Å². The predicted octanol–water partition coefficient (Wildman–Crippen LogP) is 3.20. The smallest absolute Gasteiger partial charge is 0.330 e. The quantitative estimate of drug-likeness (QED) is 0.724. The summed E-state index contributed by atoms with van der Waals surface area (Å²) in [4.78, 5) is 32.7. The third kappa shape index (κ3) is 3.48. The fourth-order valence-corrected chi connectivity index (χ4v) is 3.71. The van der Waals surface area contributed by atoms with Gasteiger partial charge in [-0.25, -0.2) is 9.78 Å². The monoisotopic (exact) mass is 390 g/mol. The van der Waals surface area contributed by atoms with E-state index in [9.17, 15) is 14.7 Å². The lowest BCUT2D eigenvalue weighted by molar-refractivity contribution is -0.137. The minimum atomic E-state index is -0.908. The van der Waals surface area contributed by atoms with Gasteiger partial charge in [-0.3, -0.25) is 9.78 Å². The Kier molecular flexibility index (Phi) is 4.12. The maximum Gasteiger partial charge on any atom is 0.330 e. The van der Waals surface area contributed by atoms with Gasteiger partial charge in [0.15, 0.2) is 0 Å². The topological polar surface area (TPSA) is 104 Å². The molecule has 2 fully saturated rings. The summed E-state index contributed by atoms with van der Waals surface area (Å²) in [6, 6.07) is 3.19. The Balaban J connectivity index is 1.52. The predicted molar refractivity (Wildman–Crippen MR) is 109 cm³/mol. The van der Waals surface area contributed by atoms with Crippen molar-refractivity contribution in [2.45, 2.75) is 44.6 Å². The SMILES string of the molecule is CC1=CC(C(=O)O)NC=C1c1cc2cnc(NC(=O)C3CC3)cc2c(C2CC2)n1. The van der Waals surface area contributed by atoms with E-state index in [1.165, 1.54) is 0 Å². The Morgan fingerprint density at radius 3 is 2.66 bits per heavy atom. The summed E-state index contributed by atoms with van der Waals surface area (Å²) in [5, 5.41) is 17.0. The van der Waals surface area contributed by atoms with Gasteiger partial charge in [0.1, 0.15) is 11.9 Å². The molecule has 0 spiro atoms. The van der Waals surface area contributed by atoms with Crippen molar-refractivity contribution in [2.24, 2.45) is 5.92 Å². The molecule has 1 atom stereocenters. The number of nitrogens with zero attached hydrogens (tertiary/aromatic N) is 2. The number of aliphatic carboxylic acids is 1. The van der Waals surface area contributed by atoms with Crippen LogP contribution in [-0.2, 0) is 9.59 Å². The van der Waals surface area contributed by atoms with Gasteiger partial charge in [-0.15, -0.1) is 0 Å². The van der Waals surface area contributed by atoms with Crippen molar-refractivity contribution in [1.29, 1.82) is 0 Å². The number of carbonyl (C=O) groups is 2. The Morgan fingerprint density at radius 2 is 2.00 bits per heavy atom. The summed E-state index contributed by atoms with van der Waals surface area (Å²) in [5.74, 6) is 0.257. The third-order valence-electron chi connectivity index (χ3n) is 5.70. The van der Waals surface area contributed by atoms with E-state index in [0.29, 0.717) is 11.7 Å². The lowest BCUT2D eigenvalue weighted by Crippen LogP contribution is -2.33. The molecule has 0 aromatic carbocycles. The number of hydrogen-bond donors (Lipinski definition) is 3. The van der Waals surface area contributed by atoms with Gasteiger partial charge in [-0.1, -0.05) is 0 Å². The highest BCUT2D eigenvalue weighted by atomic mass is 16.4. The second kappa shape index (κ2) is 6.69. The number of hydrogen-bond acceptors (Lipinski definition) is 5. The number of dihydropyridines is 1. The molecule has 2 aromatic rings. The van der Waals surface area contributed by atoms with Crippen molar-refractivity contribution in [2.75, 3.05) is 5.32 Å². The van der Waals surface area contributed by atoms with Crippen LogP contribution in [0.3, 0.4) is 0 Å². The molecule has 0 bridgehead atoms. The standard InChI is InChI=1S/C22H22N4O3/c1-11-6-18(22(28)29)23-10-16(11)17-7-14-9-24-19(26-21(27)13-4-5-13)8-15(14)20(25-17)12-2-3-12/h6-10,12-13,18,23H,2-5H2,1H3,(H,28,29)(H,24,26,27). The van der Waals surface area contributed by atoms with Crippen LogP contribution in [0.2, 0.25) is 0 Å². The average molecular weight is 390 g/mol. The minimum absolute atomic E-state index is 0.0431. The van der Waals surface area contributed by atoms with Crippen LogP contribution in [0.15, 0.2) is 36.2 Å². The zero-order valence-corrected chi connectivity index (χ0v) is 16.1. The van der Waals surface area contributed by atoms with Gasteiger partial charge in [-0.2, -0.15) is 0 Å². The number of carboxylic acids is 1. The molecule has 3 aliphatic rings. The van der Waals surface area contributed by atoms with E-state index in [-0.39, 0.29) is 11.8 Å². The molecule has 3 heterocycles. The summed E-state index contributed by atoms with van der Waals surface area (Å²) < 4.78 is 0. The second-order valence-corrected chi connectivity index (χ2v) is 8.11. The highest BCUT2D eigenvalue weighted by Crippen LogP contribution is 2.43. The van der Waals surface area contributed by atoms with E-state index < -0.39 is 12.0 Å². The van der Waals surface area contributed by atoms with Crippen LogP contribution in [0.4, 0.5) is 5.82 Å². The first kappa shape index (κ1) is 17.8. The Hall–Kier alpha value is -3.22. The average Bonchev–Trinajstić information content (AvgIpc) is 3.59. The molecule has 2 saturated carbocycles. The summed E-state index contributed by atoms with van der Waals surface area (Å²) in [5.41, 5.74) is 3.60. The molecular formula is C22H22N4O3. The molecule has 1 aliphatic heterocycles. The van der Waals surface area contributed by atoms with E-state index >= 15 is 0 Å². The second-order valence-electron chi connectivity index (χ2n) is 8.11. The first-order valence-corrected chi connectivity index (χ1v) is 9.99. The van der Waals surface area contributed by atoms with Gasteiger partial charge in [0.2, 0.25) is 5.91 Å². The normalized spacial score (nSPS) is 21.2. The summed E-state index contributed by atoms with van der Waals surface area (Å²) in [6.45, 7) is 1.90. The van der Waals surface area contributed by atoms with Crippen LogP contribution in [0, 0.1) is 5.92 Å². The summed E-state index contributed by atoms with van der Waals surface area (Å²) >= 11 is 0. The highest BCUT2D eigenvalue weighted by Gasteiger charge is 2.31. The van der Waals surface area contributed by atoms with Crippen LogP contribution >= 0.6 is 0 Å². The summed E-state index contributed by atoms with van der Waals surface area (Å²) in [7, 11) is 0. The highest BCUT2D eigenvalue weighted by molar-refractivity contribution is 5.96. The maximum absolute atomic E-state index is 12.1. The summed E-state index contributed by atoms with van der Waals surface area (Å²) in [6.07, 6.45) is 9.33. The zero-order chi connectivity index (χ0) is 20.1.